The van der Waals surface area contributed by atoms with Gasteiger partial charge in [-0.25, -0.2) is 0 Å². The fourth-order valence-electron chi connectivity index (χ4n) is 2.06. The Morgan fingerprint density at radius 3 is 2.78 bits per heavy atom. The quantitative estimate of drug-likeness (QED) is 0.509. The van der Waals surface area contributed by atoms with Gasteiger partial charge in [-0.1, -0.05) is 16.8 Å². The van der Waals surface area contributed by atoms with E-state index < -0.39 is 0 Å². The van der Waals surface area contributed by atoms with E-state index in [1.54, 1.807) is 6.92 Å². The minimum absolute atomic E-state index is 0.187. The van der Waals surface area contributed by atoms with Gasteiger partial charge in [0.05, 0.1) is 18.9 Å². The van der Waals surface area contributed by atoms with Gasteiger partial charge in [-0.2, -0.15) is 0 Å². The van der Waals surface area contributed by atoms with Crippen molar-refractivity contribution < 1.29 is 14.7 Å². The zero-order valence-corrected chi connectivity index (χ0v) is 10.8. The van der Waals surface area contributed by atoms with Crippen LogP contribution in [0.2, 0.25) is 0 Å². The molecule has 1 aliphatic heterocycles. The standard InChI is InChI=1S/C14H19NO3/c1-10-3-4-14(13(9-10)11(2)15-16)18-12-5-7-17-8-6-12/h3-4,9,12,16H,5-8H2,1-2H3. The second-order valence-corrected chi connectivity index (χ2v) is 4.61. The van der Waals surface area contributed by atoms with Crippen LogP contribution in [0.1, 0.15) is 30.9 Å². The van der Waals surface area contributed by atoms with Gasteiger partial charge in [-0.05, 0) is 26.0 Å². The van der Waals surface area contributed by atoms with E-state index in [1.807, 2.05) is 25.1 Å². The summed E-state index contributed by atoms with van der Waals surface area (Å²) >= 11 is 0. The molecule has 4 heteroatoms. The minimum atomic E-state index is 0.187. The van der Waals surface area contributed by atoms with Crippen LogP contribution in [0.3, 0.4) is 0 Å². The van der Waals surface area contributed by atoms with Crippen LogP contribution in [0.15, 0.2) is 23.4 Å². The molecule has 0 aliphatic carbocycles. The Morgan fingerprint density at radius 2 is 2.11 bits per heavy atom. The van der Waals surface area contributed by atoms with Gasteiger partial charge < -0.3 is 14.7 Å². The first kappa shape index (κ1) is 12.9. The van der Waals surface area contributed by atoms with Crippen LogP contribution in [-0.2, 0) is 4.74 Å². The summed E-state index contributed by atoms with van der Waals surface area (Å²) in [5, 5.41) is 12.2. The topological polar surface area (TPSA) is 51.1 Å². The SMILES string of the molecule is CC(=NO)c1cc(C)ccc1OC1CCOCC1. The Bertz CT molecular complexity index is 437. The maximum Gasteiger partial charge on any atom is 0.128 e. The van der Waals surface area contributed by atoms with E-state index in [4.69, 9.17) is 14.7 Å². The van der Waals surface area contributed by atoms with Crippen LogP contribution in [0.4, 0.5) is 0 Å². The lowest BCUT2D eigenvalue weighted by molar-refractivity contribution is 0.0255. The third-order valence-electron chi connectivity index (χ3n) is 3.14. The second-order valence-electron chi connectivity index (χ2n) is 4.61. The van der Waals surface area contributed by atoms with Crippen LogP contribution in [0.25, 0.3) is 0 Å². The minimum Gasteiger partial charge on any atom is -0.490 e. The molecular formula is C14H19NO3. The number of aryl methyl sites for hydroxylation is 1. The zero-order valence-electron chi connectivity index (χ0n) is 10.8. The van der Waals surface area contributed by atoms with Crippen molar-refractivity contribution in [3.63, 3.8) is 0 Å². The molecule has 0 amide bonds. The molecular weight excluding hydrogens is 230 g/mol. The molecule has 1 N–H and O–H groups in total. The molecule has 0 radical (unpaired) electrons. The summed E-state index contributed by atoms with van der Waals surface area (Å²) in [6, 6.07) is 5.92. The average molecular weight is 249 g/mol. The molecule has 1 aromatic rings. The Kier molecular flexibility index (Phi) is 4.20. The maximum absolute atomic E-state index is 8.92. The molecule has 0 unspecified atom stereocenters. The van der Waals surface area contributed by atoms with Gasteiger partial charge in [0.1, 0.15) is 11.9 Å². The van der Waals surface area contributed by atoms with Gasteiger partial charge in [0.25, 0.3) is 0 Å². The summed E-state index contributed by atoms with van der Waals surface area (Å²) in [5.41, 5.74) is 2.54. The second kappa shape index (κ2) is 5.87. The first-order valence-corrected chi connectivity index (χ1v) is 6.25. The molecule has 0 spiro atoms. The molecule has 0 aromatic heterocycles. The van der Waals surface area contributed by atoms with Gasteiger partial charge in [-0.15, -0.1) is 0 Å². The number of hydrogen-bond acceptors (Lipinski definition) is 4. The summed E-state index contributed by atoms with van der Waals surface area (Å²) in [4.78, 5) is 0. The monoisotopic (exact) mass is 249 g/mol. The molecule has 0 saturated carbocycles. The molecule has 0 atom stereocenters. The van der Waals surface area contributed by atoms with Crippen molar-refractivity contribution >= 4 is 5.71 Å². The van der Waals surface area contributed by atoms with Crippen molar-refractivity contribution in [2.24, 2.45) is 5.16 Å². The first-order chi connectivity index (χ1) is 8.70. The van der Waals surface area contributed by atoms with Crippen molar-refractivity contribution in [1.29, 1.82) is 0 Å². The Morgan fingerprint density at radius 1 is 1.39 bits per heavy atom. The molecule has 4 nitrogen and oxygen atoms in total. The van der Waals surface area contributed by atoms with Crippen LogP contribution < -0.4 is 4.74 Å². The lowest BCUT2D eigenvalue weighted by atomic mass is 10.1. The molecule has 1 heterocycles. The predicted molar refractivity (Wildman–Crippen MR) is 69.6 cm³/mol. The Hall–Kier alpha value is -1.55. The van der Waals surface area contributed by atoms with E-state index >= 15 is 0 Å². The van der Waals surface area contributed by atoms with E-state index in [-0.39, 0.29) is 6.10 Å². The summed E-state index contributed by atoms with van der Waals surface area (Å²) in [5.74, 6) is 0.780. The maximum atomic E-state index is 8.92. The average Bonchev–Trinajstić information content (AvgIpc) is 2.41. The summed E-state index contributed by atoms with van der Waals surface area (Å²) in [6.07, 6.45) is 2.00. The van der Waals surface area contributed by atoms with E-state index in [0.29, 0.717) is 5.71 Å². The van der Waals surface area contributed by atoms with Gasteiger partial charge in [0.15, 0.2) is 0 Å². The highest BCUT2D eigenvalue weighted by atomic mass is 16.5. The van der Waals surface area contributed by atoms with Crippen LogP contribution >= 0.6 is 0 Å². The largest absolute Gasteiger partial charge is 0.490 e. The zero-order chi connectivity index (χ0) is 13.0. The molecule has 1 aliphatic rings. The number of ether oxygens (including phenoxy) is 2. The third kappa shape index (κ3) is 3.01. The molecule has 2 rings (SSSR count). The number of rotatable bonds is 3. The van der Waals surface area contributed by atoms with Crippen LogP contribution in [-0.4, -0.2) is 30.2 Å². The van der Waals surface area contributed by atoms with Gasteiger partial charge in [-0.3, -0.25) is 0 Å². The van der Waals surface area contributed by atoms with E-state index in [0.717, 1.165) is 42.9 Å². The Labute approximate surface area is 107 Å². The Balaban J connectivity index is 2.20. The van der Waals surface area contributed by atoms with Crippen molar-refractivity contribution in [3.8, 4) is 5.75 Å². The number of benzene rings is 1. The molecule has 18 heavy (non-hydrogen) atoms. The fourth-order valence-corrected chi connectivity index (χ4v) is 2.06. The van der Waals surface area contributed by atoms with Crippen molar-refractivity contribution in [1.82, 2.24) is 0 Å². The molecule has 1 fully saturated rings. The number of nitrogens with zero attached hydrogens (tertiary/aromatic N) is 1. The summed E-state index contributed by atoms with van der Waals surface area (Å²) < 4.78 is 11.3. The van der Waals surface area contributed by atoms with Gasteiger partial charge in [0.2, 0.25) is 0 Å². The van der Waals surface area contributed by atoms with Crippen LogP contribution in [0.5, 0.6) is 5.75 Å². The highest BCUT2D eigenvalue weighted by molar-refractivity contribution is 6.00. The highest BCUT2D eigenvalue weighted by Gasteiger charge is 2.17. The molecule has 0 bridgehead atoms. The highest BCUT2D eigenvalue weighted by Crippen LogP contribution is 2.24. The third-order valence-corrected chi connectivity index (χ3v) is 3.14. The first-order valence-electron chi connectivity index (χ1n) is 6.25. The van der Waals surface area contributed by atoms with E-state index in [1.165, 1.54) is 0 Å². The number of hydrogen-bond donors (Lipinski definition) is 1. The van der Waals surface area contributed by atoms with Crippen molar-refractivity contribution in [2.75, 3.05) is 13.2 Å². The molecule has 98 valence electrons. The fraction of sp³-hybridized carbons (Fsp3) is 0.500. The van der Waals surface area contributed by atoms with Crippen LogP contribution in [0, 0.1) is 6.92 Å². The normalized spacial score (nSPS) is 17.8. The summed E-state index contributed by atoms with van der Waals surface area (Å²) in [6.45, 7) is 5.27. The number of oxime groups is 1. The smallest absolute Gasteiger partial charge is 0.128 e. The van der Waals surface area contributed by atoms with Gasteiger partial charge >= 0.3 is 0 Å². The predicted octanol–water partition coefficient (Wildman–Crippen LogP) is 2.75. The lowest BCUT2D eigenvalue weighted by Crippen LogP contribution is -2.26. The molecule has 1 saturated heterocycles. The van der Waals surface area contributed by atoms with Crippen molar-refractivity contribution in [3.05, 3.63) is 29.3 Å². The summed E-state index contributed by atoms with van der Waals surface area (Å²) in [7, 11) is 0. The van der Waals surface area contributed by atoms with Gasteiger partial charge in [0, 0.05) is 18.4 Å². The van der Waals surface area contributed by atoms with E-state index in [2.05, 4.69) is 5.16 Å². The molecule has 1 aromatic carbocycles. The lowest BCUT2D eigenvalue weighted by Gasteiger charge is -2.24. The van der Waals surface area contributed by atoms with Crippen molar-refractivity contribution in [2.45, 2.75) is 32.8 Å². The van der Waals surface area contributed by atoms with E-state index in [9.17, 15) is 0 Å².